The summed E-state index contributed by atoms with van der Waals surface area (Å²) >= 11 is 9.56. The van der Waals surface area contributed by atoms with Crippen molar-refractivity contribution in [1.82, 2.24) is 0 Å². The molecule has 1 unspecified atom stereocenters. The molecule has 0 amide bonds. The van der Waals surface area contributed by atoms with Crippen molar-refractivity contribution in [3.8, 4) is 5.75 Å². The quantitative estimate of drug-likeness (QED) is 0.841. The highest BCUT2D eigenvalue weighted by molar-refractivity contribution is 9.10. The van der Waals surface area contributed by atoms with Crippen molar-refractivity contribution in [3.05, 3.63) is 63.1 Å². The lowest BCUT2D eigenvalue weighted by Gasteiger charge is -2.17. The Morgan fingerprint density at radius 1 is 1.25 bits per heavy atom. The summed E-state index contributed by atoms with van der Waals surface area (Å²) in [5, 5.41) is 0.655. The highest BCUT2D eigenvalue weighted by Crippen LogP contribution is 2.36. The van der Waals surface area contributed by atoms with Crippen LogP contribution in [0.25, 0.3) is 0 Å². The summed E-state index contributed by atoms with van der Waals surface area (Å²) in [7, 11) is 1.64. The van der Waals surface area contributed by atoms with E-state index in [2.05, 4.69) is 28.1 Å². The molecule has 0 fully saturated rings. The average molecular weight is 355 g/mol. The molecule has 2 nitrogen and oxygen atoms in total. The maximum absolute atomic E-state index is 6.30. The highest BCUT2D eigenvalue weighted by atomic mass is 79.9. The van der Waals surface area contributed by atoms with Gasteiger partial charge in [-0.2, -0.15) is 0 Å². The lowest BCUT2D eigenvalue weighted by Crippen LogP contribution is -2.13. The molecule has 0 aliphatic rings. The summed E-state index contributed by atoms with van der Waals surface area (Å²) < 4.78 is 6.25. The van der Waals surface area contributed by atoms with Gasteiger partial charge >= 0.3 is 0 Å². The van der Waals surface area contributed by atoms with E-state index in [-0.39, 0.29) is 6.04 Å². The molecule has 2 aromatic carbocycles. The molecule has 0 spiro atoms. The maximum atomic E-state index is 6.30. The van der Waals surface area contributed by atoms with Crippen LogP contribution in [0.1, 0.15) is 23.6 Å². The Morgan fingerprint density at radius 3 is 2.60 bits per heavy atom. The van der Waals surface area contributed by atoms with Gasteiger partial charge in [-0.3, -0.25) is 0 Å². The van der Waals surface area contributed by atoms with Gasteiger partial charge in [0.25, 0.3) is 0 Å². The standard InChI is InChI=1S/C16H17BrClNO/c1-20-16-13(9-12(18)10-14(16)17)15(19)8-7-11-5-3-2-4-6-11/h2-6,9-10,15H,7-8,19H2,1H3. The van der Waals surface area contributed by atoms with Crippen LogP contribution in [0, 0.1) is 0 Å². The number of aryl methyl sites for hydroxylation is 1. The van der Waals surface area contributed by atoms with Crippen molar-refractivity contribution in [2.24, 2.45) is 5.73 Å². The summed E-state index contributed by atoms with van der Waals surface area (Å²) in [4.78, 5) is 0. The summed E-state index contributed by atoms with van der Waals surface area (Å²) in [6.07, 6.45) is 1.77. The minimum absolute atomic E-state index is 0.111. The van der Waals surface area contributed by atoms with Crippen molar-refractivity contribution < 1.29 is 4.74 Å². The lowest BCUT2D eigenvalue weighted by molar-refractivity contribution is 0.401. The van der Waals surface area contributed by atoms with E-state index in [0.29, 0.717) is 5.02 Å². The summed E-state index contributed by atoms with van der Waals surface area (Å²) in [6.45, 7) is 0. The topological polar surface area (TPSA) is 35.2 Å². The molecule has 0 heterocycles. The van der Waals surface area contributed by atoms with Crippen LogP contribution in [0.3, 0.4) is 0 Å². The van der Waals surface area contributed by atoms with Gasteiger partial charge in [-0.1, -0.05) is 41.9 Å². The van der Waals surface area contributed by atoms with Crippen LogP contribution in [-0.2, 0) is 6.42 Å². The van der Waals surface area contributed by atoms with Gasteiger partial charge in [0.2, 0.25) is 0 Å². The lowest BCUT2D eigenvalue weighted by atomic mass is 9.99. The Morgan fingerprint density at radius 2 is 1.95 bits per heavy atom. The van der Waals surface area contributed by atoms with Crippen LogP contribution >= 0.6 is 27.5 Å². The van der Waals surface area contributed by atoms with Crippen LogP contribution < -0.4 is 10.5 Å². The molecule has 2 rings (SSSR count). The zero-order valence-corrected chi connectivity index (χ0v) is 13.6. The highest BCUT2D eigenvalue weighted by Gasteiger charge is 2.16. The first-order valence-corrected chi connectivity index (χ1v) is 7.61. The number of ether oxygens (including phenoxy) is 1. The van der Waals surface area contributed by atoms with E-state index in [4.69, 9.17) is 22.1 Å². The van der Waals surface area contributed by atoms with Crippen molar-refractivity contribution in [1.29, 1.82) is 0 Å². The van der Waals surface area contributed by atoms with Crippen LogP contribution in [0.5, 0.6) is 5.75 Å². The van der Waals surface area contributed by atoms with Gasteiger partial charge in [0.05, 0.1) is 11.6 Å². The number of benzene rings is 2. The second kappa shape index (κ2) is 7.11. The Bertz CT molecular complexity index is 574. The van der Waals surface area contributed by atoms with Gasteiger partial charge in [-0.25, -0.2) is 0 Å². The van der Waals surface area contributed by atoms with E-state index >= 15 is 0 Å². The second-order valence-electron chi connectivity index (χ2n) is 4.64. The smallest absolute Gasteiger partial charge is 0.137 e. The number of nitrogens with two attached hydrogens (primary N) is 1. The fraction of sp³-hybridized carbons (Fsp3) is 0.250. The van der Waals surface area contributed by atoms with E-state index in [1.54, 1.807) is 7.11 Å². The van der Waals surface area contributed by atoms with Crippen molar-refractivity contribution >= 4 is 27.5 Å². The molecule has 0 aromatic heterocycles. The number of hydrogen-bond acceptors (Lipinski definition) is 2. The van der Waals surface area contributed by atoms with Gasteiger partial charge in [0.15, 0.2) is 0 Å². The molecule has 2 N–H and O–H groups in total. The van der Waals surface area contributed by atoms with E-state index in [1.807, 2.05) is 30.3 Å². The zero-order chi connectivity index (χ0) is 14.5. The van der Waals surface area contributed by atoms with Crippen LogP contribution in [0.4, 0.5) is 0 Å². The third-order valence-corrected chi connectivity index (χ3v) is 4.03. The molecule has 0 radical (unpaired) electrons. The van der Waals surface area contributed by atoms with E-state index in [1.165, 1.54) is 5.56 Å². The van der Waals surface area contributed by atoms with Gasteiger partial charge in [0, 0.05) is 16.6 Å². The van der Waals surface area contributed by atoms with Crippen LogP contribution in [0.2, 0.25) is 5.02 Å². The molecule has 0 bridgehead atoms. The fourth-order valence-electron chi connectivity index (χ4n) is 2.19. The zero-order valence-electron chi connectivity index (χ0n) is 11.3. The number of halogens is 2. The minimum atomic E-state index is -0.111. The Hall–Kier alpha value is -1.03. The predicted molar refractivity (Wildman–Crippen MR) is 87.4 cm³/mol. The number of rotatable bonds is 5. The van der Waals surface area contributed by atoms with Gasteiger partial charge in [0.1, 0.15) is 5.75 Å². The first kappa shape index (κ1) is 15.4. The maximum Gasteiger partial charge on any atom is 0.137 e. The minimum Gasteiger partial charge on any atom is -0.495 e. The third-order valence-electron chi connectivity index (χ3n) is 3.23. The summed E-state index contributed by atoms with van der Waals surface area (Å²) in [6, 6.07) is 13.9. The van der Waals surface area contributed by atoms with Gasteiger partial charge < -0.3 is 10.5 Å². The molecule has 106 valence electrons. The van der Waals surface area contributed by atoms with E-state index in [0.717, 1.165) is 28.6 Å². The monoisotopic (exact) mass is 353 g/mol. The first-order valence-electron chi connectivity index (χ1n) is 6.44. The summed E-state index contributed by atoms with van der Waals surface area (Å²) in [5.41, 5.74) is 8.51. The largest absolute Gasteiger partial charge is 0.495 e. The van der Waals surface area contributed by atoms with Crippen molar-refractivity contribution in [3.63, 3.8) is 0 Å². The summed E-state index contributed by atoms with van der Waals surface area (Å²) in [5.74, 6) is 0.759. The molecule has 4 heteroatoms. The Labute approximate surface area is 133 Å². The number of hydrogen-bond donors (Lipinski definition) is 1. The van der Waals surface area contributed by atoms with E-state index < -0.39 is 0 Å². The molecule has 0 aliphatic heterocycles. The normalized spacial score (nSPS) is 12.2. The third kappa shape index (κ3) is 3.75. The van der Waals surface area contributed by atoms with Crippen LogP contribution in [-0.4, -0.2) is 7.11 Å². The van der Waals surface area contributed by atoms with E-state index in [9.17, 15) is 0 Å². The van der Waals surface area contributed by atoms with Crippen molar-refractivity contribution in [2.75, 3.05) is 7.11 Å². The molecule has 1 atom stereocenters. The molecule has 20 heavy (non-hydrogen) atoms. The molecule has 2 aromatic rings. The first-order chi connectivity index (χ1) is 9.61. The molecule has 0 saturated heterocycles. The molecular weight excluding hydrogens is 338 g/mol. The molecule has 0 aliphatic carbocycles. The predicted octanol–water partition coefficient (Wildman–Crippen LogP) is 4.74. The molecule has 0 saturated carbocycles. The van der Waals surface area contributed by atoms with Gasteiger partial charge in [-0.15, -0.1) is 0 Å². The molecular formula is C16H17BrClNO. The van der Waals surface area contributed by atoms with Crippen molar-refractivity contribution in [2.45, 2.75) is 18.9 Å². The second-order valence-corrected chi connectivity index (χ2v) is 5.93. The fourth-order valence-corrected chi connectivity index (χ4v) is 3.19. The Kier molecular flexibility index (Phi) is 5.46. The van der Waals surface area contributed by atoms with Crippen LogP contribution in [0.15, 0.2) is 46.9 Å². The SMILES string of the molecule is COc1c(Br)cc(Cl)cc1C(N)CCc1ccccc1. The number of methoxy groups -OCH3 is 1. The average Bonchev–Trinajstić information content (AvgIpc) is 2.45. The Balaban J connectivity index is 2.14. The van der Waals surface area contributed by atoms with Gasteiger partial charge in [-0.05, 0) is 46.5 Å².